The third-order valence-corrected chi connectivity index (χ3v) is 6.62. The minimum atomic E-state index is -3.85. The first-order valence-electron chi connectivity index (χ1n) is 11.2. The van der Waals surface area contributed by atoms with Crippen LogP contribution in [0.15, 0.2) is 42.5 Å². The van der Waals surface area contributed by atoms with Crippen LogP contribution >= 0.6 is 11.6 Å². The van der Waals surface area contributed by atoms with Crippen molar-refractivity contribution < 1.29 is 22.4 Å². The number of halogens is 2. The van der Waals surface area contributed by atoms with Gasteiger partial charge in [0.05, 0.1) is 11.9 Å². The summed E-state index contributed by atoms with van der Waals surface area (Å²) >= 11 is 6.03. The minimum absolute atomic E-state index is 0.00633. The highest BCUT2D eigenvalue weighted by Gasteiger charge is 2.33. The van der Waals surface area contributed by atoms with Gasteiger partial charge >= 0.3 is 0 Å². The van der Waals surface area contributed by atoms with Crippen molar-refractivity contribution >= 4 is 39.1 Å². The van der Waals surface area contributed by atoms with Crippen molar-refractivity contribution in [2.24, 2.45) is 0 Å². The number of hydrogen-bond acceptors (Lipinski definition) is 4. The first-order chi connectivity index (χ1) is 16.1. The second-order valence-electron chi connectivity index (χ2n) is 9.51. The molecular weight excluding hydrogens is 493 g/mol. The topological polar surface area (TPSA) is 86.8 Å². The number of carbonyl (C=O) groups excluding carboxylic acids is 2. The second-order valence-corrected chi connectivity index (χ2v) is 11.9. The highest BCUT2D eigenvalue weighted by Crippen LogP contribution is 2.26. The summed E-state index contributed by atoms with van der Waals surface area (Å²) in [6, 6.07) is 9.45. The highest BCUT2D eigenvalue weighted by atomic mass is 35.5. The molecule has 0 fully saturated rings. The number of hydrogen-bond donors (Lipinski definition) is 1. The van der Waals surface area contributed by atoms with Gasteiger partial charge in [0.2, 0.25) is 21.8 Å². The van der Waals surface area contributed by atoms with Crippen LogP contribution in [0.3, 0.4) is 0 Å². The molecule has 0 spiro atoms. The zero-order valence-electron chi connectivity index (χ0n) is 20.9. The summed E-state index contributed by atoms with van der Waals surface area (Å²) in [7, 11) is -3.85. The Hall–Kier alpha value is -2.65. The van der Waals surface area contributed by atoms with E-state index in [0.29, 0.717) is 28.3 Å². The van der Waals surface area contributed by atoms with E-state index in [1.165, 1.54) is 29.2 Å². The molecular formula is C25H33ClFN3O4S. The van der Waals surface area contributed by atoms with Gasteiger partial charge in [-0.1, -0.05) is 30.7 Å². The van der Waals surface area contributed by atoms with E-state index in [1.807, 2.05) is 20.8 Å². The molecule has 1 atom stereocenters. The van der Waals surface area contributed by atoms with Gasteiger partial charge in [-0.15, -0.1) is 0 Å². The summed E-state index contributed by atoms with van der Waals surface area (Å²) in [5, 5.41) is 3.33. The van der Waals surface area contributed by atoms with Crippen molar-refractivity contribution in [2.75, 3.05) is 17.1 Å². The SMILES string of the molecule is CC[C@H](C(=O)NC(C)(C)C)N(Cc1ccc(F)cc1)C(=O)CN(c1ccc(Cl)cc1C)S(C)(=O)=O. The third kappa shape index (κ3) is 8.21. The molecule has 0 radical (unpaired) electrons. The molecule has 2 amide bonds. The number of carbonyl (C=O) groups is 2. The predicted octanol–water partition coefficient (Wildman–Crippen LogP) is 4.28. The van der Waals surface area contributed by atoms with Crippen LogP contribution in [-0.2, 0) is 26.2 Å². The molecule has 192 valence electrons. The first-order valence-corrected chi connectivity index (χ1v) is 13.4. The number of amides is 2. The zero-order valence-corrected chi connectivity index (χ0v) is 22.5. The van der Waals surface area contributed by atoms with Gasteiger partial charge in [0, 0.05) is 17.1 Å². The maximum Gasteiger partial charge on any atom is 0.244 e. The predicted molar refractivity (Wildman–Crippen MR) is 137 cm³/mol. The molecule has 0 saturated carbocycles. The smallest absolute Gasteiger partial charge is 0.244 e. The Labute approximate surface area is 212 Å². The molecule has 10 heteroatoms. The van der Waals surface area contributed by atoms with E-state index in [-0.39, 0.29) is 12.5 Å². The maximum atomic E-state index is 13.6. The van der Waals surface area contributed by atoms with Crippen LogP contribution in [0.5, 0.6) is 0 Å². The fourth-order valence-electron chi connectivity index (χ4n) is 3.65. The molecule has 0 heterocycles. The number of aryl methyl sites for hydroxylation is 1. The molecule has 2 rings (SSSR count). The molecule has 0 aromatic heterocycles. The molecule has 0 saturated heterocycles. The summed E-state index contributed by atoms with van der Waals surface area (Å²) < 4.78 is 39.8. The van der Waals surface area contributed by atoms with Crippen LogP contribution in [-0.4, -0.2) is 49.5 Å². The summed E-state index contributed by atoms with van der Waals surface area (Å²) in [5.74, 6) is -1.35. The summed E-state index contributed by atoms with van der Waals surface area (Å²) in [6.07, 6.45) is 1.32. The number of anilines is 1. The molecule has 0 aliphatic rings. The van der Waals surface area contributed by atoms with Crippen molar-refractivity contribution in [1.29, 1.82) is 0 Å². The average Bonchev–Trinajstić information content (AvgIpc) is 2.71. The van der Waals surface area contributed by atoms with Crippen molar-refractivity contribution in [3.8, 4) is 0 Å². The van der Waals surface area contributed by atoms with E-state index in [1.54, 1.807) is 32.0 Å². The molecule has 2 aromatic rings. The van der Waals surface area contributed by atoms with Crippen LogP contribution in [0.25, 0.3) is 0 Å². The van der Waals surface area contributed by atoms with Gasteiger partial charge in [0.1, 0.15) is 18.4 Å². The monoisotopic (exact) mass is 525 g/mol. The van der Waals surface area contributed by atoms with Crippen molar-refractivity contribution in [2.45, 2.75) is 59.2 Å². The minimum Gasteiger partial charge on any atom is -0.350 e. The largest absolute Gasteiger partial charge is 0.350 e. The van der Waals surface area contributed by atoms with Crippen molar-refractivity contribution in [1.82, 2.24) is 10.2 Å². The summed E-state index contributed by atoms with van der Waals surface area (Å²) in [4.78, 5) is 28.1. The van der Waals surface area contributed by atoms with Crippen LogP contribution in [0.4, 0.5) is 10.1 Å². The van der Waals surface area contributed by atoms with Crippen LogP contribution in [0.2, 0.25) is 5.02 Å². The lowest BCUT2D eigenvalue weighted by Gasteiger charge is -2.34. The van der Waals surface area contributed by atoms with Gasteiger partial charge in [-0.3, -0.25) is 13.9 Å². The van der Waals surface area contributed by atoms with Crippen LogP contribution in [0.1, 0.15) is 45.2 Å². The molecule has 2 aromatic carbocycles. The molecule has 35 heavy (non-hydrogen) atoms. The van der Waals surface area contributed by atoms with Gasteiger partial charge in [-0.05, 0) is 75.6 Å². The third-order valence-electron chi connectivity index (χ3n) is 5.26. The number of nitrogens with one attached hydrogen (secondary N) is 1. The number of sulfonamides is 1. The fraction of sp³-hybridized carbons (Fsp3) is 0.440. The summed E-state index contributed by atoms with van der Waals surface area (Å²) in [6.45, 7) is 8.46. The van der Waals surface area contributed by atoms with Crippen LogP contribution < -0.4 is 9.62 Å². The number of nitrogens with zero attached hydrogens (tertiary/aromatic N) is 2. The van der Waals surface area contributed by atoms with Gasteiger partial charge in [0.15, 0.2) is 0 Å². The maximum absolute atomic E-state index is 13.6. The lowest BCUT2D eigenvalue weighted by molar-refractivity contribution is -0.141. The van der Waals surface area contributed by atoms with E-state index < -0.39 is 39.9 Å². The molecule has 7 nitrogen and oxygen atoms in total. The van der Waals surface area contributed by atoms with Gasteiger partial charge in [0.25, 0.3) is 0 Å². The normalized spacial score (nSPS) is 12.7. The highest BCUT2D eigenvalue weighted by molar-refractivity contribution is 7.92. The molecule has 0 bridgehead atoms. The average molecular weight is 526 g/mol. The molecule has 1 N–H and O–H groups in total. The first kappa shape index (κ1) is 28.6. The molecule has 0 aliphatic carbocycles. The lowest BCUT2D eigenvalue weighted by Crippen LogP contribution is -2.55. The Balaban J connectivity index is 2.48. The Morgan fingerprint density at radius 1 is 1.11 bits per heavy atom. The Kier molecular flexibility index (Phi) is 9.30. The van der Waals surface area contributed by atoms with E-state index in [2.05, 4.69) is 5.32 Å². The van der Waals surface area contributed by atoms with Gasteiger partial charge in [-0.2, -0.15) is 0 Å². The summed E-state index contributed by atoms with van der Waals surface area (Å²) in [5.41, 5.74) is 0.974. The fourth-order valence-corrected chi connectivity index (χ4v) is 4.79. The van der Waals surface area contributed by atoms with Gasteiger partial charge in [-0.25, -0.2) is 12.8 Å². The Bertz CT molecular complexity index is 1160. The Morgan fingerprint density at radius 3 is 2.20 bits per heavy atom. The van der Waals surface area contributed by atoms with Crippen molar-refractivity contribution in [3.05, 3.63) is 64.4 Å². The van der Waals surface area contributed by atoms with E-state index in [4.69, 9.17) is 11.6 Å². The van der Waals surface area contributed by atoms with E-state index >= 15 is 0 Å². The van der Waals surface area contributed by atoms with Crippen molar-refractivity contribution in [3.63, 3.8) is 0 Å². The number of rotatable bonds is 9. The van der Waals surface area contributed by atoms with E-state index in [9.17, 15) is 22.4 Å². The second kappa shape index (κ2) is 11.4. The zero-order chi connectivity index (χ0) is 26.6. The standard InChI is InChI=1S/C25H33ClFN3O4S/c1-7-21(24(32)28-25(3,4)5)29(15-18-8-11-20(27)12-9-18)23(31)16-30(35(6,33)34)22-13-10-19(26)14-17(22)2/h8-14,21H,7,15-16H2,1-6H3,(H,28,32)/t21-/m1/s1. The Morgan fingerprint density at radius 2 is 1.71 bits per heavy atom. The lowest BCUT2D eigenvalue weighted by atomic mass is 10.1. The number of benzene rings is 2. The van der Waals surface area contributed by atoms with Crippen LogP contribution in [0, 0.1) is 12.7 Å². The molecule has 0 aliphatic heterocycles. The van der Waals surface area contributed by atoms with Gasteiger partial charge < -0.3 is 10.2 Å². The van der Waals surface area contributed by atoms with E-state index in [0.717, 1.165) is 10.6 Å². The molecule has 0 unspecified atom stereocenters. The quantitative estimate of drug-likeness (QED) is 0.529.